The van der Waals surface area contributed by atoms with Gasteiger partial charge in [0.05, 0.1) is 6.54 Å². The van der Waals surface area contributed by atoms with Gasteiger partial charge in [0.1, 0.15) is 17.6 Å². The lowest BCUT2D eigenvalue weighted by Crippen LogP contribution is -2.35. The molecule has 2 aromatic heterocycles. The average molecular weight is 350 g/mol. The molecule has 0 aliphatic carbocycles. The van der Waals surface area contributed by atoms with E-state index in [9.17, 15) is 5.11 Å². The molecule has 1 aliphatic heterocycles. The number of likely N-dealkylation sites (N-methyl/N-ethyl adjacent to an activating group) is 1. The number of aromatic nitrogens is 3. The van der Waals surface area contributed by atoms with Crippen LogP contribution in [0.2, 0.25) is 0 Å². The summed E-state index contributed by atoms with van der Waals surface area (Å²) < 4.78 is 7.37. The monoisotopic (exact) mass is 350 g/mol. The Bertz CT molecular complexity index is 913. The number of hydrogen-bond donors (Lipinski definition) is 1. The number of nitrogens with zero attached hydrogens (tertiary/aromatic N) is 4. The topological polar surface area (TPSA) is 67.3 Å². The quantitative estimate of drug-likeness (QED) is 0.766. The van der Waals surface area contributed by atoms with Gasteiger partial charge in [0, 0.05) is 37.1 Å². The van der Waals surface area contributed by atoms with E-state index in [2.05, 4.69) is 52.4 Å². The zero-order valence-corrected chi connectivity index (χ0v) is 15.0. The second-order valence-corrected chi connectivity index (χ2v) is 6.87. The molecule has 4 rings (SSSR count). The summed E-state index contributed by atoms with van der Waals surface area (Å²) in [5.74, 6) is 1.36. The Morgan fingerprint density at radius 3 is 2.73 bits per heavy atom. The molecule has 0 radical (unpaired) electrons. The van der Waals surface area contributed by atoms with Gasteiger partial charge in [-0.15, -0.1) is 0 Å². The van der Waals surface area contributed by atoms with E-state index >= 15 is 0 Å². The first kappa shape index (κ1) is 16.8. The molecule has 134 valence electrons. The molecule has 26 heavy (non-hydrogen) atoms. The summed E-state index contributed by atoms with van der Waals surface area (Å²) in [6.45, 7) is 4.32. The molecular weight excluding hydrogens is 328 g/mol. The van der Waals surface area contributed by atoms with E-state index in [1.807, 2.05) is 16.8 Å². The molecule has 1 aliphatic rings. The van der Waals surface area contributed by atoms with Gasteiger partial charge in [0.15, 0.2) is 5.76 Å². The number of aliphatic hydroxyl groups excluding tert-OH is 1. The molecule has 3 heterocycles. The minimum absolute atomic E-state index is 0.515. The molecule has 1 saturated heterocycles. The Kier molecular flexibility index (Phi) is 4.44. The highest BCUT2D eigenvalue weighted by atomic mass is 16.5. The molecule has 1 fully saturated rings. The van der Waals surface area contributed by atoms with Crippen molar-refractivity contribution in [2.45, 2.75) is 19.6 Å². The van der Waals surface area contributed by atoms with E-state index in [4.69, 9.17) is 4.52 Å². The van der Waals surface area contributed by atoms with Crippen molar-refractivity contribution in [2.24, 2.45) is 0 Å². The first-order valence-corrected chi connectivity index (χ1v) is 8.71. The molecule has 1 N–H and O–H groups in total. The zero-order chi connectivity index (χ0) is 18.1. The number of likely N-dealkylation sites (tertiary alicyclic amines) is 1. The predicted octanol–water partition coefficient (Wildman–Crippen LogP) is 2.97. The second-order valence-electron chi connectivity index (χ2n) is 6.87. The summed E-state index contributed by atoms with van der Waals surface area (Å²) >= 11 is 0. The minimum atomic E-state index is -0.617. The van der Waals surface area contributed by atoms with Crippen molar-refractivity contribution in [1.82, 2.24) is 19.6 Å². The lowest BCUT2D eigenvalue weighted by atomic mass is 10.0. The summed E-state index contributed by atoms with van der Waals surface area (Å²) in [5.41, 5.74) is 4.45. The Morgan fingerprint density at radius 1 is 1.27 bits per heavy atom. The van der Waals surface area contributed by atoms with E-state index in [-0.39, 0.29) is 0 Å². The molecule has 1 aromatic carbocycles. The Hall–Kier alpha value is -2.70. The molecule has 0 unspecified atom stereocenters. The van der Waals surface area contributed by atoms with Gasteiger partial charge in [0.2, 0.25) is 0 Å². The smallest absolute Gasteiger partial charge is 0.167 e. The van der Waals surface area contributed by atoms with Crippen molar-refractivity contribution >= 4 is 6.08 Å². The summed E-state index contributed by atoms with van der Waals surface area (Å²) in [4.78, 5) is 6.45. The van der Waals surface area contributed by atoms with E-state index in [0.717, 1.165) is 30.1 Å². The number of imidazole rings is 1. The molecule has 0 saturated carbocycles. The van der Waals surface area contributed by atoms with E-state index < -0.39 is 6.10 Å². The number of aliphatic hydroxyl groups is 1. The lowest BCUT2D eigenvalue weighted by molar-refractivity contribution is 0.184. The fourth-order valence-corrected chi connectivity index (χ4v) is 3.24. The van der Waals surface area contributed by atoms with Crippen LogP contribution < -0.4 is 0 Å². The normalized spacial score (nSPS) is 15.7. The first-order chi connectivity index (χ1) is 12.6. The summed E-state index contributed by atoms with van der Waals surface area (Å²) in [5, 5.41) is 13.9. The third-order valence-electron chi connectivity index (χ3n) is 4.52. The van der Waals surface area contributed by atoms with Gasteiger partial charge >= 0.3 is 0 Å². The van der Waals surface area contributed by atoms with Crippen LogP contribution in [0.5, 0.6) is 0 Å². The van der Waals surface area contributed by atoms with E-state index in [1.165, 1.54) is 11.1 Å². The van der Waals surface area contributed by atoms with Crippen LogP contribution in [0.15, 0.2) is 52.8 Å². The van der Waals surface area contributed by atoms with E-state index in [0.29, 0.717) is 12.4 Å². The lowest BCUT2D eigenvalue weighted by Gasteiger charge is -2.29. The highest BCUT2D eigenvalue weighted by Crippen LogP contribution is 2.23. The molecule has 3 aromatic rings. The third kappa shape index (κ3) is 3.47. The Labute approximate surface area is 152 Å². The molecule has 1 atom stereocenters. The van der Waals surface area contributed by atoms with Crippen molar-refractivity contribution in [1.29, 1.82) is 0 Å². The summed E-state index contributed by atoms with van der Waals surface area (Å²) in [6, 6.07) is 10.2. The van der Waals surface area contributed by atoms with Crippen LogP contribution in [-0.4, -0.2) is 44.9 Å². The third-order valence-corrected chi connectivity index (χ3v) is 4.52. The van der Waals surface area contributed by atoms with Gasteiger partial charge in [-0.05, 0) is 25.1 Å². The van der Waals surface area contributed by atoms with Crippen molar-refractivity contribution in [3.8, 4) is 11.3 Å². The fraction of sp³-hybridized carbons (Fsp3) is 0.300. The average Bonchev–Trinajstić information content (AvgIpc) is 3.24. The van der Waals surface area contributed by atoms with Crippen LogP contribution in [0, 0.1) is 0 Å². The maximum absolute atomic E-state index is 9.75. The summed E-state index contributed by atoms with van der Waals surface area (Å²) in [7, 11) is 2.12. The zero-order valence-electron chi connectivity index (χ0n) is 15.0. The Morgan fingerprint density at radius 2 is 2.04 bits per heavy atom. The molecular formula is C20H22N4O2. The standard InChI is InChI=1S/C20H22N4O2/c1-14(25)20-21-7-8-24(20)13-18-10-19(26-22-18)17-5-3-15(4-6-17)9-16-11-23(2)12-16/h3-10,14,25H,11-13H2,1-2H3/t14-/m0/s1. The molecule has 0 amide bonds. The summed E-state index contributed by atoms with van der Waals surface area (Å²) in [6.07, 6.45) is 5.13. The van der Waals surface area contributed by atoms with Crippen LogP contribution in [0.25, 0.3) is 17.4 Å². The van der Waals surface area contributed by atoms with Crippen molar-refractivity contribution in [3.63, 3.8) is 0 Å². The maximum Gasteiger partial charge on any atom is 0.167 e. The van der Waals surface area contributed by atoms with Crippen molar-refractivity contribution < 1.29 is 9.63 Å². The van der Waals surface area contributed by atoms with Gasteiger partial charge in [-0.1, -0.05) is 35.5 Å². The number of hydrogen-bond acceptors (Lipinski definition) is 5. The maximum atomic E-state index is 9.75. The number of rotatable bonds is 5. The SMILES string of the molecule is C[C@H](O)c1nccn1Cc1cc(-c2ccc(C=C3CN(C)C3)cc2)on1. The minimum Gasteiger partial charge on any atom is -0.385 e. The van der Waals surface area contributed by atoms with Gasteiger partial charge in [0.25, 0.3) is 0 Å². The van der Waals surface area contributed by atoms with Crippen LogP contribution in [0.3, 0.4) is 0 Å². The van der Waals surface area contributed by atoms with Crippen LogP contribution in [0.1, 0.15) is 30.1 Å². The highest BCUT2D eigenvalue weighted by molar-refractivity contribution is 5.63. The first-order valence-electron chi connectivity index (χ1n) is 8.71. The van der Waals surface area contributed by atoms with Gasteiger partial charge < -0.3 is 14.2 Å². The van der Waals surface area contributed by atoms with Crippen LogP contribution in [0.4, 0.5) is 0 Å². The van der Waals surface area contributed by atoms with Crippen molar-refractivity contribution in [2.75, 3.05) is 20.1 Å². The van der Waals surface area contributed by atoms with Gasteiger partial charge in [-0.2, -0.15) is 0 Å². The highest BCUT2D eigenvalue weighted by Gasteiger charge is 2.15. The van der Waals surface area contributed by atoms with E-state index in [1.54, 1.807) is 13.1 Å². The molecule has 6 nitrogen and oxygen atoms in total. The van der Waals surface area contributed by atoms with Crippen LogP contribution >= 0.6 is 0 Å². The molecule has 0 spiro atoms. The number of benzene rings is 1. The van der Waals surface area contributed by atoms with Crippen LogP contribution in [-0.2, 0) is 6.54 Å². The van der Waals surface area contributed by atoms with Gasteiger partial charge in [-0.25, -0.2) is 4.98 Å². The molecule has 0 bridgehead atoms. The predicted molar refractivity (Wildman–Crippen MR) is 99.4 cm³/mol. The second kappa shape index (κ2) is 6.90. The van der Waals surface area contributed by atoms with Crippen molar-refractivity contribution in [3.05, 3.63) is 65.4 Å². The largest absolute Gasteiger partial charge is 0.385 e. The fourth-order valence-electron chi connectivity index (χ4n) is 3.24. The van der Waals surface area contributed by atoms with Gasteiger partial charge in [-0.3, -0.25) is 4.90 Å². The molecule has 6 heteroatoms. The Balaban J connectivity index is 1.47.